The molecule has 6 heteroatoms. The largest absolute Gasteiger partial charge is 0.464 e. The van der Waals surface area contributed by atoms with Gasteiger partial charge in [-0.1, -0.05) is 80.4 Å². The molecule has 0 aliphatic carbocycles. The number of benzene rings is 2. The van der Waals surface area contributed by atoms with Crippen molar-refractivity contribution < 1.29 is 22.7 Å². The minimum atomic E-state index is -4.19. The first kappa shape index (κ1) is 23.6. The summed E-state index contributed by atoms with van der Waals surface area (Å²) in [5.41, 5.74) is 2.31. The molecule has 0 radical (unpaired) electrons. The molecule has 0 N–H and O–H groups in total. The van der Waals surface area contributed by atoms with Crippen LogP contribution in [0.1, 0.15) is 56.6 Å². The van der Waals surface area contributed by atoms with Gasteiger partial charge in [-0.05, 0) is 19.3 Å². The molecule has 0 fully saturated rings. The van der Waals surface area contributed by atoms with Gasteiger partial charge in [0.25, 0.3) is 0 Å². The Hall–Kier alpha value is -2.63. The minimum absolute atomic E-state index is 0.0379. The van der Waals surface area contributed by atoms with Gasteiger partial charge in [-0.2, -0.15) is 13.2 Å². The van der Waals surface area contributed by atoms with Crippen LogP contribution in [-0.2, 0) is 9.53 Å². The Morgan fingerprint density at radius 1 is 0.933 bits per heavy atom. The predicted molar refractivity (Wildman–Crippen MR) is 113 cm³/mol. The van der Waals surface area contributed by atoms with Crippen LogP contribution in [0.2, 0.25) is 0 Å². The number of aliphatic imine (C=N–C) groups is 1. The third-order valence-electron chi connectivity index (χ3n) is 4.58. The second-order valence-electron chi connectivity index (χ2n) is 7.11. The van der Waals surface area contributed by atoms with Gasteiger partial charge in [0.1, 0.15) is 6.04 Å². The summed E-state index contributed by atoms with van der Waals surface area (Å²) in [6.45, 7) is 2.28. The number of carbonyl (C=O) groups excluding carboxylic acids is 1. The normalized spacial score (nSPS) is 12.3. The fourth-order valence-electron chi connectivity index (χ4n) is 2.98. The van der Waals surface area contributed by atoms with Gasteiger partial charge in [-0.3, -0.25) is 4.99 Å². The van der Waals surface area contributed by atoms with Crippen LogP contribution in [0.5, 0.6) is 0 Å². The van der Waals surface area contributed by atoms with E-state index < -0.39 is 24.6 Å². The van der Waals surface area contributed by atoms with E-state index in [9.17, 15) is 18.0 Å². The van der Waals surface area contributed by atoms with Gasteiger partial charge in [0.2, 0.25) is 0 Å². The van der Waals surface area contributed by atoms with Crippen molar-refractivity contribution in [3.8, 4) is 0 Å². The van der Waals surface area contributed by atoms with Crippen molar-refractivity contribution in [2.45, 2.75) is 57.7 Å². The molecule has 162 valence electrons. The fraction of sp³-hybridized carbons (Fsp3) is 0.417. The number of unbranched alkanes of at least 4 members (excludes halogenated alkanes) is 2. The van der Waals surface area contributed by atoms with Crippen LogP contribution >= 0.6 is 0 Å². The van der Waals surface area contributed by atoms with Gasteiger partial charge < -0.3 is 4.74 Å². The predicted octanol–water partition coefficient (Wildman–Crippen LogP) is 6.36. The molecule has 0 bridgehead atoms. The van der Waals surface area contributed by atoms with E-state index >= 15 is 0 Å². The smallest absolute Gasteiger partial charge is 0.389 e. The lowest BCUT2D eigenvalue weighted by Crippen LogP contribution is -2.24. The van der Waals surface area contributed by atoms with Gasteiger partial charge in [0, 0.05) is 17.5 Å². The molecule has 3 nitrogen and oxygen atoms in total. The van der Waals surface area contributed by atoms with E-state index in [4.69, 9.17) is 9.73 Å². The van der Waals surface area contributed by atoms with Crippen molar-refractivity contribution in [2.24, 2.45) is 4.99 Å². The number of carbonyl (C=O) groups is 1. The van der Waals surface area contributed by atoms with Gasteiger partial charge in [0.15, 0.2) is 0 Å². The average molecular weight is 419 g/mol. The second-order valence-corrected chi connectivity index (χ2v) is 7.11. The van der Waals surface area contributed by atoms with E-state index in [1.165, 1.54) is 0 Å². The highest BCUT2D eigenvalue weighted by Crippen LogP contribution is 2.24. The van der Waals surface area contributed by atoms with E-state index in [1.54, 1.807) is 0 Å². The highest BCUT2D eigenvalue weighted by Gasteiger charge is 2.27. The van der Waals surface area contributed by atoms with Crippen LogP contribution in [0, 0.1) is 0 Å². The summed E-state index contributed by atoms with van der Waals surface area (Å²) in [5, 5.41) is 0. The Bertz CT molecular complexity index is 748. The van der Waals surface area contributed by atoms with Crippen LogP contribution in [-0.4, -0.2) is 30.5 Å². The summed E-state index contributed by atoms with van der Waals surface area (Å²) in [6, 6.07) is 18.0. The first-order valence-corrected chi connectivity index (χ1v) is 10.3. The van der Waals surface area contributed by atoms with Crippen LogP contribution < -0.4 is 0 Å². The van der Waals surface area contributed by atoms with Gasteiger partial charge >= 0.3 is 12.1 Å². The number of hydrogen-bond donors (Lipinski definition) is 0. The maximum atomic E-state index is 12.7. The third kappa shape index (κ3) is 8.39. The van der Waals surface area contributed by atoms with E-state index in [2.05, 4.69) is 0 Å². The Balaban J connectivity index is 2.27. The maximum Gasteiger partial charge on any atom is 0.389 e. The molecule has 0 aliphatic rings. The quantitative estimate of drug-likeness (QED) is 0.242. The van der Waals surface area contributed by atoms with Crippen LogP contribution in [0.25, 0.3) is 0 Å². The standard InChI is InChI=1S/C24H28F3NO2/c1-2-3-18-30-23(29)21(16-10-11-17-24(25,26)27)28-22(19-12-6-4-7-13-19)20-14-8-5-9-15-20/h4-9,12-15,21H,2-3,10-11,16-18H2,1H3. The molecule has 0 saturated heterocycles. The zero-order chi connectivity index (χ0) is 21.8. The summed E-state index contributed by atoms with van der Waals surface area (Å²) in [5.74, 6) is -0.486. The van der Waals surface area contributed by atoms with Crippen molar-refractivity contribution in [2.75, 3.05) is 6.61 Å². The Morgan fingerprint density at radius 2 is 1.50 bits per heavy atom. The number of esters is 1. The lowest BCUT2D eigenvalue weighted by atomic mass is 10.0. The van der Waals surface area contributed by atoms with Crippen molar-refractivity contribution in [3.63, 3.8) is 0 Å². The highest BCUT2D eigenvalue weighted by molar-refractivity contribution is 6.13. The number of alkyl halides is 3. The number of halogens is 3. The molecule has 2 aromatic rings. The molecular formula is C24H28F3NO2. The van der Waals surface area contributed by atoms with Crippen molar-refractivity contribution in [3.05, 3.63) is 71.8 Å². The zero-order valence-electron chi connectivity index (χ0n) is 17.2. The third-order valence-corrected chi connectivity index (χ3v) is 4.58. The molecule has 0 aromatic heterocycles. The summed E-state index contributed by atoms with van der Waals surface area (Å²) in [4.78, 5) is 17.3. The molecule has 0 amide bonds. The van der Waals surface area contributed by atoms with Gasteiger partial charge in [-0.25, -0.2) is 4.79 Å². The number of ether oxygens (including phenoxy) is 1. The van der Waals surface area contributed by atoms with Crippen LogP contribution in [0.15, 0.2) is 65.7 Å². The maximum absolute atomic E-state index is 12.7. The van der Waals surface area contributed by atoms with Crippen molar-refractivity contribution >= 4 is 11.7 Å². The van der Waals surface area contributed by atoms with E-state index in [-0.39, 0.29) is 25.9 Å². The fourth-order valence-corrected chi connectivity index (χ4v) is 2.98. The summed E-state index contributed by atoms with van der Waals surface area (Å²) >= 11 is 0. The lowest BCUT2D eigenvalue weighted by Gasteiger charge is -2.16. The van der Waals surface area contributed by atoms with Crippen molar-refractivity contribution in [1.29, 1.82) is 0 Å². The molecule has 30 heavy (non-hydrogen) atoms. The first-order chi connectivity index (χ1) is 14.4. The molecule has 2 rings (SSSR count). The van der Waals surface area contributed by atoms with Crippen molar-refractivity contribution in [1.82, 2.24) is 0 Å². The van der Waals surface area contributed by atoms with Crippen LogP contribution in [0.3, 0.4) is 0 Å². The lowest BCUT2D eigenvalue weighted by molar-refractivity contribution is -0.145. The summed E-state index contributed by atoms with van der Waals surface area (Å²) < 4.78 is 42.8. The van der Waals surface area contributed by atoms with Gasteiger partial charge in [-0.15, -0.1) is 0 Å². The SMILES string of the molecule is CCCCOC(=O)C(CCCCC(F)(F)F)N=C(c1ccccc1)c1ccccc1. The van der Waals surface area contributed by atoms with E-state index in [1.807, 2.05) is 67.6 Å². The average Bonchev–Trinajstić information content (AvgIpc) is 2.74. The van der Waals surface area contributed by atoms with Crippen LogP contribution in [0.4, 0.5) is 13.2 Å². The number of rotatable bonds is 11. The zero-order valence-corrected chi connectivity index (χ0v) is 17.2. The Labute approximate surface area is 176 Å². The Kier molecular flexibility index (Phi) is 9.58. The molecule has 2 aromatic carbocycles. The molecule has 1 unspecified atom stereocenters. The monoisotopic (exact) mass is 419 g/mol. The number of nitrogens with zero attached hydrogens (tertiary/aromatic N) is 1. The van der Waals surface area contributed by atoms with E-state index in [0.29, 0.717) is 5.71 Å². The summed E-state index contributed by atoms with van der Waals surface area (Å²) in [6.07, 6.45) is -3.02. The molecule has 1 atom stereocenters. The topological polar surface area (TPSA) is 38.7 Å². The van der Waals surface area contributed by atoms with Gasteiger partial charge in [0.05, 0.1) is 12.3 Å². The Morgan fingerprint density at radius 3 is 2.00 bits per heavy atom. The molecule has 0 heterocycles. The second kappa shape index (κ2) is 12.2. The minimum Gasteiger partial charge on any atom is -0.464 e. The van der Waals surface area contributed by atoms with E-state index in [0.717, 1.165) is 24.0 Å². The number of hydrogen-bond acceptors (Lipinski definition) is 3. The first-order valence-electron chi connectivity index (χ1n) is 10.3. The molecule has 0 saturated carbocycles. The molecular weight excluding hydrogens is 391 g/mol. The summed E-state index contributed by atoms with van der Waals surface area (Å²) in [7, 11) is 0. The molecule has 0 aliphatic heterocycles. The molecule has 0 spiro atoms. The highest BCUT2D eigenvalue weighted by atomic mass is 19.4.